The van der Waals surface area contributed by atoms with Gasteiger partial charge in [0.2, 0.25) is 0 Å². The van der Waals surface area contributed by atoms with E-state index in [-0.39, 0.29) is 50.3 Å². The lowest BCUT2D eigenvalue weighted by Gasteiger charge is -2.15. The second-order valence-electron chi connectivity index (χ2n) is 8.56. The predicted octanol–water partition coefficient (Wildman–Crippen LogP) is 1.05. The fraction of sp³-hybridized carbons (Fsp3) is 0.292. The fourth-order valence-corrected chi connectivity index (χ4v) is 6.47. The normalized spacial score (nSPS) is 11.7. The number of nitrogens with one attached hydrogen (secondary N) is 1. The molecule has 0 saturated carbocycles. The van der Waals surface area contributed by atoms with Crippen molar-refractivity contribution in [3.63, 3.8) is 0 Å². The number of hydrogen-bond donors (Lipinski definition) is 3. The number of fused-ring (bicyclic) bond motifs is 1. The molecule has 15 nitrogen and oxygen atoms in total. The maximum Gasteiger partial charge on any atom is 0.751 e. The molecular weight excluding hydrogens is 819 g/mol. The maximum atomic E-state index is 13.6. The number of quaternary nitrogens is 2. The van der Waals surface area contributed by atoms with Crippen molar-refractivity contribution in [3.8, 4) is 23.3 Å². The Morgan fingerprint density at radius 1 is 0.961 bits per heavy atom. The summed E-state index contributed by atoms with van der Waals surface area (Å²) in [4.78, 5) is 17.6. The number of carboxylic acid groups (broad SMARTS) is 2. The highest BCUT2D eigenvalue weighted by Gasteiger charge is 2.30. The molecule has 1 heterocycles. The number of carbonyl (C=O) groups excluding carboxylic acids is 2. The minimum Gasteiger partial charge on any atom is -0.542 e. The van der Waals surface area contributed by atoms with Gasteiger partial charge in [-0.3, -0.25) is 0 Å². The van der Waals surface area contributed by atoms with E-state index in [0.717, 1.165) is 23.5 Å². The molecule has 7 N–H and O–H groups in total. The zero-order valence-electron chi connectivity index (χ0n) is 24.9. The maximum absolute atomic E-state index is 13.6. The van der Waals surface area contributed by atoms with Gasteiger partial charge in [-0.25, -0.2) is 17.3 Å². The Hall–Kier alpha value is -3.79. The van der Waals surface area contributed by atoms with Gasteiger partial charge in [-0.15, -0.1) is 11.3 Å². The van der Waals surface area contributed by atoms with Crippen molar-refractivity contribution in [2.75, 3.05) is 33.0 Å². The molecule has 0 aliphatic rings. The van der Waals surface area contributed by atoms with Crippen LogP contribution in [0.25, 0.3) is 10.1 Å². The molecular formula is C24H21Cl2F7N4O11PS2+. The molecule has 1 unspecified atom stereocenters. The Morgan fingerprint density at radius 3 is 1.88 bits per heavy atom. The largest absolute Gasteiger partial charge is 0.751 e. The highest BCUT2D eigenvalue weighted by Crippen LogP contribution is 2.50. The summed E-state index contributed by atoms with van der Waals surface area (Å²) in [5.74, 6) is -6.71. The summed E-state index contributed by atoms with van der Waals surface area (Å²) in [6.45, 7) is 0.626. The fourth-order valence-electron chi connectivity index (χ4n) is 2.84. The van der Waals surface area contributed by atoms with Crippen molar-refractivity contribution in [2.24, 2.45) is 0 Å². The SMILES string of the molecule is N#Cc1ccc(O[P+](=O)OCNS(=O)(=O)c2cc3c(Cl)c(OCC[NH3+])c(OCC[NH3+])c(Cl)c3s2)cc1F.O=C([O-])C(F)(F)F.O=C([O-])C(F)(F)F. The molecule has 0 aliphatic carbocycles. The first kappa shape index (κ1) is 45.2. The number of benzene rings is 2. The van der Waals surface area contributed by atoms with Crippen LogP contribution >= 0.6 is 42.8 Å². The molecule has 282 valence electrons. The first-order valence-corrected chi connectivity index (χ1v) is 17.0. The number of nitriles is 1. The van der Waals surface area contributed by atoms with Crippen molar-refractivity contribution in [2.45, 2.75) is 16.6 Å². The monoisotopic (exact) mass is 839 g/mol. The van der Waals surface area contributed by atoms with E-state index < -0.39 is 55.1 Å². The third-order valence-electron chi connectivity index (χ3n) is 4.92. The van der Waals surface area contributed by atoms with E-state index in [4.69, 9.17) is 66.8 Å². The number of sulfonamides is 1. The van der Waals surface area contributed by atoms with Gasteiger partial charge in [-0.1, -0.05) is 27.7 Å². The molecule has 2 aromatic carbocycles. The average molecular weight is 840 g/mol. The average Bonchev–Trinajstić information content (AvgIpc) is 3.49. The number of carbonyl (C=O) groups is 2. The molecule has 0 amide bonds. The van der Waals surface area contributed by atoms with Crippen molar-refractivity contribution in [1.29, 1.82) is 5.26 Å². The zero-order valence-corrected chi connectivity index (χ0v) is 28.9. The molecule has 0 saturated heterocycles. The molecule has 1 atom stereocenters. The highest BCUT2D eigenvalue weighted by atomic mass is 35.5. The van der Waals surface area contributed by atoms with Crippen LogP contribution in [0.2, 0.25) is 10.0 Å². The summed E-state index contributed by atoms with van der Waals surface area (Å²) in [6, 6.07) is 6.16. The highest BCUT2D eigenvalue weighted by molar-refractivity contribution is 7.91. The van der Waals surface area contributed by atoms with Crippen LogP contribution in [0.4, 0.5) is 30.7 Å². The van der Waals surface area contributed by atoms with Crippen LogP contribution in [0.5, 0.6) is 17.2 Å². The first-order valence-electron chi connectivity index (χ1n) is 12.8. The van der Waals surface area contributed by atoms with Crippen molar-refractivity contribution in [3.05, 3.63) is 45.7 Å². The standard InChI is InChI=1S/C20H19Cl2FN4O7PS2.2C2HF3O2/c21-16-13-8-15(36-20(13)17(22)19(32-6-4-25)18(16)31-5-3-24)37(29,30)27-10-33-35(28)34-12-2-1-11(9-26)14(23)7-12;2*3-2(4,5)1(6)7/h1-2,7-8,27H,3-6,10,24-25H2;2*(H,6,7)/q+1;;. The van der Waals surface area contributed by atoms with E-state index in [9.17, 15) is 43.7 Å². The van der Waals surface area contributed by atoms with E-state index >= 15 is 0 Å². The summed E-state index contributed by atoms with van der Waals surface area (Å²) in [5.41, 5.74) is 7.20. The van der Waals surface area contributed by atoms with E-state index in [1.54, 1.807) is 6.07 Å². The van der Waals surface area contributed by atoms with E-state index in [1.807, 2.05) is 0 Å². The molecule has 0 radical (unpaired) electrons. The lowest BCUT2D eigenvalue weighted by atomic mass is 10.2. The van der Waals surface area contributed by atoms with Gasteiger partial charge in [-0.2, -0.15) is 36.3 Å². The van der Waals surface area contributed by atoms with Crippen molar-refractivity contribution >= 4 is 74.8 Å². The topological polar surface area (TPSA) is 259 Å². The zero-order chi connectivity index (χ0) is 39.3. The molecule has 0 bridgehead atoms. The van der Waals surface area contributed by atoms with E-state index in [0.29, 0.717) is 23.2 Å². The smallest absolute Gasteiger partial charge is 0.542 e. The summed E-state index contributed by atoms with van der Waals surface area (Å²) in [5, 5.41) is 26.9. The van der Waals surface area contributed by atoms with Gasteiger partial charge in [0, 0.05) is 16.0 Å². The summed E-state index contributed by atoms with van der Waals surface area (Å²) in [6.07, 6.45) is -10.4. The van der Waals surface area contributed by atoms with Crippen molar-refractivity contribution in [1.82, 2.24) is 4.72 Å². The Balaban J connectivity index is 0.000000780. The number of halogens is 9. The number of ether oxygens (including phenoxy) is 2. The number of carboxylic acids is 2. The lowest BCUT2D eigenvalue weighted by molar-refractivity contribution is -0.372. The third-order valence-corrected chi connectivity index (χ3v) is 9.47. The number of alkyl halides is 6. The summed E-state index contributed by atoms with van der Waals surface area (Å²) >= 11 is 13.9. The van der Waals surface area contributed by atoms with Crippen molar-refractivity contribution < 1.29 is 93.5 Å². The Labute approximate surface area is 296 Å². The molecule has 0 spiro atoms. The molecule has 1 aromatic heterocycles. The van der Waals surface area contributed by atoms with Crippen LogP contribution in [0.3, 0.4) is 0 Å². The van der Waals surface area contributed by atoms with Gasteiger partial charge in [0.1, 0.15) is 59.4 Å². The predicted molar refractivity (Wildman–Crippen MR) is 156 cm³/mol. The quantitative estimate of drug-likeness (QED) is 0.124. The number of nitrogens with zero attached hydrogens (tertiary/aromatic N) is 1. The van der Waals surface area contributed by atoms with Crippen LogP contribution in [-0.4, -0.2) is 65.7 Å². The Bertz CT molecular complexity index is 1800. The van der Waals surface area contributed by atoms with Gasteiger partial charge in [-0.05, 0) is 18.2 Å². The first-order chi connectivity index (χ1) is 23.5. The summed E-state index contributed by atoms with van der Waals surface area (Å²) < 4.78 is 138. The van der Waals surface area contributed by atoms with Gasteiger partial charge in [0.05, 0.1) is 15.3 Å². The van der Waals surface area contributed by atoms with Crippen LogP contribution in [-0.2, 0) is 28.7 Å². The van der Waals surface area contributed by atoms with Crippen LogP contribution in [0.1, 0.15) is 5.56 Å². The Morgan fingerprint density at radius 2 is 1.45 bits per heavy atom. The van der Waals surface area contributed by atoms with E-state index in [1.165, 1.54) is 12.1 Å². The minimum absolute atomic E-state index is 0.118. The number of thiophene rings is 1. The Kier molecular flexibility index (Phi) is 17.5. The number of aliphatic carboxylic acids is 2. The molecule has 0 fully saturated rings. The molecule has 0 aliphatic heterocycles. The molecule has 27 heteroatoms. The van der Waals surface area contributed by atoms with Gasteiger partial charge in [0.15, 0.2) is 24.0 Å². The molecule has 3 rings (SSSR count). The number of hydrogen-bond acceptors (Lipinski definition) is 13. The van der Waals surface area contributed by atoms with Gasteiger partial charge < -0.3 is 40.7 Å². The van der Waals surface area contributed by atoms with Gasteiger partial charge in [0.25, 0.3) is 10.0 Å². The van der Waals surface area contributed by atoms with Gasteiger partial charge >= 0.3 is 20.6 Å². The molecule has 51 heavy (non-hydrogen) atoms. The van der Waals surface area contributed by atoms with Crippen LogP contribution in [0.15, 0.2) is 28.5 Å². The lowest BCUT2D eigenvalue weighted by Crippen LogP contribution is -2.53. The third kappa shape index (κ3) is 14.0. The van der Waals surface area contributed by atoms with Crippen LogP contribution < -0.4 is 40.4 Å². The van der Waals surface area contributed by atoms with E-state index in [2.05, 4.69) is 16.2 Å². The minimum atomic E-state index is -5.19. The molecule has 3 aromatic rings. The summed E-state index contributed by atoms with van der Waals surface area (Å²) in [7, 11) is -7.02. The second kappa shape index (κ2) is 19.7. The second-order valence-corrected chi connectivity index (χ2v) is 13.2. The number of rotatable bonds is 13. The van der Waals surface area contributed by atoms with Crippen LogP contribution in [0, 0.1) is 17.1 Å².